The monoisotopic (exact) mass is 310 g/mol. The van der Waals surface area contributed by atoms with Gasteiger partial charge in [-0.05, 0) is 25.9 Å². The van der Waals surface area contributed by atoms with E-state index in [0.29, 0.717) is 12.8 Å². The van der Waals surface area contributed by atoms with Crippen LogP contribution < -0.4 is 0 Å². The van der Waals surface area contributed by atoms with Crippen LogP contribution in [0.2, 0.25) is 0 Å². The van der Waals surface area contributed by atoms with Crippen molar-refractivity contribution in [2.24, 2.45) is 0 Å². The number of hydrogen-bond donors (Lipinski definition) is 0. The van der Waals surface area contributed by atoms with Gasteiger partial charge in [0.1, 0.15) is 0 Å². The highest BCUT2D eigenvalue weighted by Crippen LogP contribution is 2.02. The van der Waals surface area contributed by atoms with Crippen molar-refractivity contribution in [2.45, 2.75) is 58.9 Å². The number of aromatic nitrogens is 3. The minimum atomic E-state index is -0.208. The molecular weight excluding hydrogens is 280 g/mol. The molecule has 126 valence electrons. The molecule has 6 nitrogen and oxygen atoms in total. The zero-order valence-corrected chi connectivity index (χ0v) is 14.3. The Morgan fingerprint density at radius 1 is 1.23 bits per heavy atom. The minimum Gasteiger partial charge on any atom is -0.469 e. The molecule has 0 saturated carbocycles. The Morgan fingerprint density at radius 2 is 1.91 bits per heavy atom. The molecule has 1 heterocycles. The van der Waals surface area contributed by atoms with E-state index in [1.165, 1.54) is 32.8 Å². The summed E-state index contributed by atoms with van der Waals surface area (Å²) < 4.78 is 6.50. The molecule has 0 aromatic carbocycles. The fourth-order valence-electron chi connectivity index (χ4n) is 2.24. The lowest BCUT2D eigenvalue weighted by molar-refractivity contribution is -0.140. The highest BCUT2D eigenvalue weighted by Gasteiger charge is 2.07. The molecule has 0 aliphatic heterocycles. The molecule has 0 amide bonds. The molecule has 0 aliphatic carbocycles. The summed E-state index contributed by atoms with van der Waals surface area (Å²) in [5.41, 5.74) is 0.846. The van der Waals surface area contributed by atoms with Gasteiger partial charge in [0.25, 0.3) is 0 Å². The first-order valence-electron chi connectivity index (χ1n) is 8.37. The average Bonchev–Trinajstić information content (AvgIpc) is 2.99. The van der Waals surface area contributed by atoms with Gasteiger partial charge in [-0.15, -0.1) is 5.10 Å². The van der Waals surface area contributed by atoms with Crippen LogP contribution in [0, 0.1) is 0 Å². The predicted octanol–water partition coefficient (Wildman–Crippen LogP) is 2.29. The van der Waals surface area contributed by atoms with Gasteiger partial charge in [0, 0.05) is 19.2 Å². The summed E-state index contributed by atoms with van der Waals surface area (Å²) in [6.07, 6.45) is 7.81. The van der Waals surface area contributed by atoms with Crippen molar-refractivity contribution in [3.05, 3.63) is 11.9 Å². The molecule has 0 bridgehead atoms. The quantitative estimate of drug-likeness (QED) is 0.554. The smallest absolute Gasteiger partial charge is 0.305 e. The Labute approximate surface area is 133 Å². The molecule has 0 unspecified atom stereocenters. The molecule has 0 atom stereocenters. The first kappa shape index (κ1) is 18.6. The molecule has 0 aliphatic rings. The van der Waals surface area contributed by atoms with Crippen molar-refractivity contribution in [3.8, 4) is 0 Å². The Balaban J connectivity index is 2.37. The van der Waals surface area contributed by atoms with Crippen LogP contribution in [0.5, 0.6) is 0 Å². The number of ether oxygens (including phenoxy) is 1. The van der Waals surface area contributed by atoms with Gasteiger partial charge in [-0.1, -0.05) is 31.9 Å². The molecule has 1 aromatic heterocycles. The van der Waals surface area contributed by atoms with Crippen LogP contribution in [0.4, 0.5) is 0 Å². The third-order valence-corrected chi connectivity index (χ3v) is 3.70. The number of carbonyl (C=O) groups excluding carboxylic acids is 1. The number of unbranched alkanes of at least 4 members (excludes halogenated alkanes) is 2. The summed E-state index contributed by atoms with van der Waals surface area (Å²) in [6.45, 7) is 8.60. The van der Waals surface area contributed by atoms with Crippen molar-refractivity contribution in [2.75, 3.05) is 26.7 Å². The minimum absolute atomic E-state index is 0.208. The number of carbonyl (C=O) groups is 1. The fraction of sp³-hybridized carbons (Fsp3) is 0.812. The Morgan fingerprint density at radius 3 is 2.50 bits per heavy atom. The van der Waals surface area contributed by atoms with Gasteiger partial charge in [0.2, 0.25) is 0 Å². The molecule has 0 saturated heterocycles. The maximum atomic E-state index is 11.1. The zero-order valence-electron chi connectivity index (χ0n) is 14.3. The molecule has 22 heavy (non-hydrogen) atoms. The first-order valence-corrected chi connectivity index (χ1v) is 8.37. The maximum absolute atomic E-state index is 11.1. The normalized spacial score (nSPS) is 11.1. The molecule has 1 aromatic rings. The van der Waals surface area contributed by atoms with Crippen LogP contribution in [0.25, 0.3) is 0 Å². The van der Waals surface area contributed by atoms with E-state index in [9.17, 15) is 4.79 Å². The van der Waals surface area contributed by atoms with Gasteiger partial charge < -0.3 is 9.64 Å². The topological polar surface area (TPSA) is 60.2 Å². The number of aryl methyl sites for hydroxylation is 1. The van der Waals surface area contributed by atoms with Crippen LogP contribution in [-0.4, -0.2) is 52.6 Å². The van der Waals surface area contributed by atoms with Crippen LogP contribution >= 0.6 is 0 Å². The number of methoxy groups -OCH3 is 1. The van der Waals surface area contributed by atoms with Crippen LogP contribution in [0.3, 0.4) is 0 Å². The van der Waals surface area contributed by atoms with E-state index in [2.05, 4.69) is 33.8 Å². The van der Waals surface area contributed by atoms with Crippen LogP contribution in [0.15, 0.2) is 6.20 Å². The highest BCUT2D eigenvalue weighted by atomic mass is 16.5. The maximum Gasteiger partial charge on any atom is 0.305 e. The number of esters is 1. The molecule has 0 radical (unpaired) electrons. The first-order chi connectivity index (χ1) is 10.7. The van der Waals surface area contributed by atoms with Crippen molar-refractivity contribution < 1.29 is 9.53 Å². The summed E-state index contributed by atoms with van der Waals surface area (Å²) in [5, 5.41) is 8.25. The lowest BCUT2D eigenvalue weighted by atomic mass is 10.2. The lowest BCUT2D eigenvalue weighted by Crippen LogP contribution is -2.29. The van der Waals surface area contributed by atoms with Crippen molar-refractivity contribution in [3.63, 3.8) is 0 Å². The SMILES string of the molecule is CCCCN(CCCC)CCn1cc(CCC(=O)OC)nn1. The number of hydrogen-bond acceptors (Lipinski definition) is 5. The van der Waals surface area contributed by atoms with Gasteiger partial charge in [-0.2, -0.15) is 0 Å². The average molecular weight is 310 g/mol. The van der Waals surface area contributed by atoms with Gasteiger partial charge in [0.05, 0.1) is 25.8 Å². The van der Waals surface area contributed by atoms with E-state index in [0.717, 1.165) is 31.9 Å². The predicted molar refractivity (Wildman–Crippen MR) is 86.6 cm³/mol. The Bertz CT molecular complexity index is 412. The summed E-state index contributed by atoms with van der Waals surface area (Å²) in [4.78, 5) is 13.6. The van der Waals surface area contributed by atoms with E-state index < -0.39 is 0 Å². The van der Waals surface area contributed by atoms with Gasteiger partial charge in [-0.25, -0.2) is 0 Å². The molecular formula is C16H30N4O2. The van der Waals surface area contributed by atoms with E-state index in [1.807, 2.05) is 10.9 Å². The summed E-state index contributed by atoms with van der Waals surface area (Å²) >= 11 is 0. The number of rotatable bonds is 12. The van der Waals surface area contributed by atoms with Crippen molar-refractivity contribution in [1.82, 2.24) is 19.9 Å². The van der Waals surface area contributed by atoms with Crippen LogP contribution in [-0.2, 0) is 22.5 Å². The molecule has 6 heteroatoms. The molecule has 0 fully saturated rings. The van der Waals surface area contributed by atoms with Crippen molar-refractivity contribution >= 4 is 5.97 Å². The van der Waals surface area contributed by atoms with Gasteiger partial charge in [0.15, 0.2) is 0 Å². The summed E-state index contributed by atoms with van der Waals surface area (Å²) in [7, 11) is 1.40. The summed E-state index contributed by atoms with van der Waals surface area (Å²) in [6, 6.07) is 0. The largest absolute Gasteiger partial charge is 0.469 e. The molecule has 0 N–H and O–H groups in total. The third kappa shape index (κ3) is 7.54. The fourth-order valence-corrected chi connectivity index (χ4v) is 2.24. The van der Waals surface area contributed by atoms with Gasteiger partial charge in [-0.3, -0.25) is 9.48 Å². The molecule has 1 rings (SSSR count). The highest BCUT2D eigenvalue weighted by molar-refractivity contribution is 5.69. The second kappa shape index (κ2) is 11.2. The molecule has 0 spiro atoms. The standard InChI is InChI=1S/C16H30N4O2/c1-4-6-10-19(11-7-5-2)12-13-20-14-15(17-18-20)8-9-16(21)22-3/h14H,4-13H2,1-3H3. The van der Waals surface area contributed by atoms with E-state index in [-0.39, 0.29) is 5.97 Å². The van der Waals surface area contributed by atoms with Crippen molar-refractivity contribution in [1.29, 1.82) is 0 Å². The second-order valence-corrected chi connectivity index (χ2v) is 5.60. The second-order valence-electron chi connectivity index (χ2n) is 5.60. The third-order valence-electron chi connectivity index (χ3n) is 3.70. The lowest BCUT2D eigenvalue weighted by Gasteiger charge is -2.21. The summed E-state index contributed by atoms with van der Waals surface area (Å²) in [5.74, 6) is -0.208. The van der Waals surface area contributed by atoms with E-state index in [1.54, 1.807) is 0 Å². The van der Waals surface area contributed by atoms with E-state index in [4.69, 9.17) is 0 Å². The van der Waals surface area contributed by atoms with E-state index >= 15 is 0 Å². The number of nitrogens with zero attached hydrogens (tertiary/aromatic N) is 4. The van der Waals surface area contributed by atoms with Crippen LogP contribution in [0.1, 0.15) is 51.6 Å². The Kier molecular flexibility index (Phi) is 9.46. The Hall–Kier alpha value is -1.43. The van der Waals surface area contributed by atoms with Gasteiger partial charge >= 0.3 is 5.97 Å². The zero-order chi connectivity index (χ0) is 16.2.